The monoisotopic (exact) mass is 389 g/mol. The number of hydrogen-bond acceptors (Lipinski definition) is 4. The van der Waals surface area contributed by atoms with Crippen LogP contribution in [0, 0.1) is 3.57 Å². The molecule has 1 N–H and O–H groups in total. The van der Waals surface area contributed by atoms with Crippen LogP contribution in [0.3, 0.4) is 0 Å². The van der Waals surface area contributed by atoms with E-state index in [-0.39, 0.29) is 12.1 Å². The van der Waals surface area contributed by atoms with Gasteiger partial charge in [0.15, 0.2) is 0 Å². The number of nitrogens with one attached hydrogen (secondary N) is 1. The lowest BCUT2D eigenvalue weighted by molar-refractivity contribution is 0.0117. The van der Waals surface area contributed by atoms with Crippen molar-refractivity contribution in [1.82, 2.24) is 15.2 Å². The Morgan fingerprint density at radius 1 is 1.50 bits per heavy atom. The van der Waals surface area contributed by atoms with Crippen LogP contribution >= 0.6 is 22.6 Å². The van der Waals surface area contributed by atoms with Crippen molar-refractivity contribution in [2.24, 2.45) is 0 Å². The fourth-order valence-electron chi connectivity index (χ4n) is 2.15. The maximum absolute atomic E-state index is 12.3. The summed E-state index contributed by atoms with van der Waals surface area (Å²) in [6.45, 7) is 7.80. The van der Waals surface area contributed by atoms with Crippen LogP contribution in [0.1, 0.15) is 32.4 Å². The van der Waals surface area contributed by atoms with Gasteiger partial charge in [-0.2, -0.15) is 0 Å². The van der Waals surface area contributed by atoms with Crippen molar-refractivity contribution in [2.75, 3.05) is 19.6 Å². The number of pyridine rings is 1. The summed E-state index contributed by atoms with van der Waals surface area (Å²) in [5.41, 5.74) is 0.561. The third-order valence-corrected chi connectivity index (χ3v) is 3.57. The van der Waals surface area contributed by atoms with Crippen LogP contribution in [0.15, 0.2) is 18.5 Å². The standard InChI is InChI=1S/C14H20IN3O2/c1-14(2,3)20-13(19)18-5-4-16-9-12(18)10-6-11(15)8-17-7-10/h6-8,12,16H,4-5,9H2,1-3H3. The van der Waals surface area contributed by atoms with Gasteiger partial charge in [0.1, 0.15) is 5.60 Å². The van der Waals surface area contributed by atoms with E-state index in [1.165, 1.54) is 0 Å². The average Bonchev–Trinajstić information content (AvgIpc) is 2.37. The Bertz CT molecular complexity index is 488. The zero-order valence-corrected chi connectivity index (χ0v) is 14.2. The van der Waals surface area contributed by atoms with Crippen molar-refractivity contribution in [1.29, 1.82) is 0 Å². The number of piperazine rings is 1. The predicted octanol–water partition coefficient (Wildman–Crippen LogP) is 2.57. The molecule has 0 aromatic carbocycles. The van der Waals surface area contributed by atoms with Crippen LogP contribution < -0.4 is 5.32 Å². The zero-order valence-electron chi connectivity index (χ0n) is 12.0. The maximum atomic E-state index is 12.3. The molecule has 0 saturated carbocycles. The number of ether oxygens (including phenoxy) is 1. The summed E-state index contributed by atoms with van der Waals surface area (Å²) in [6, 6.07) is 2.03. The number of carbonyl (C=O) groups excluding carboxylic acids is 1. The van der Waals surface area contributed by atoms with Crippen molar-refractivity contribution in [3.05, 3.63) is 27.6 Å². The van der Waals surface area contributed by atoms with E-state index in [0.717, 1.165) is 22.2 Å². The van der Waals surface area contributed by atoms with E-state index in [1.807, 2.05) is 27.0 Å². The Kier molecular flexibility index (Phi) is 4.85. The van der Waals surface area contributed by atoms with E-state index >= 15 is 0 Å². The zero-order chi connectivity index (χ0) is 14.8. The topological polar surface area (TPSA) is 54.5 Å². The fourth-order valence-corrected chi connectivity index (χ4v) is 2.67. The maximum Gasteiger partial charge on any atom is 0.410 e. The third kappa shape index (κ3) is 4.05. The van der Waals surface area contributed by atoms with E-state index in [9.17, 15) is 4.79 Å². The molecule has 0 radical (unpaired) electrons. The Labute approximate surface area is 133 Å². The summed E-state index contributed by atoms with van der Waals surface area (Å²) >= 11 is 2.23. The van der Waals surface area contributed by atoms with Gasteiger partial charge in [0.25, 0.3) is 0 Å². The molecule has 1 fully saturated rings. The van der Waals surface area contributed by atoms with E-state index < -0.39 is 5.60 Å². The summed E-state index contributed by atoms with van der Waals surface area (Å²) in [4.78, 5) is 18.3. The number of carbonyl (C=O) groups is 1. The van der Waals surface area contributed by atoms with Crippen LogP contribution in [0.2, 0.25) is 0 Å². The molecule has 1 amide bonds. The molecule has 2 rings (SSSR count). The summed E-state index contributed by atoms with van der Waals surface area (Å²) in [5, 5.41) is 3.32. The number of rotatable bonds is 1. The molecule has 1 aliphatic rings. The second kappa shape index (κ2) is 6.26. The van der Waals surface area contributed by atoms with Gasteiger partial charge in [0.05, 0.1) is 6.04 Å². The van der Waals surface area contributed by atoms with Crippen LogP contribution in [-0.2, 0) is 4.74 Å². The molecule has 1 aliphatic heterocycles. The highest BCUT2D eigenvalue weighted by Crippen LogP contribution is 2.24. The highest BCUT2D eigenvalue weighted by atomic mass is 127. The Morgan fingerprint density at radius 3 is 2.90 bits per heavy atom. The molecule has 1 saturated heterocycles. The first-order valence-electron chi connectivity index (χ1n) is 6.67. The number of aromatic nitrogens is 1. The molecule has 1 aromatic heterocycles. The molecule has 5 nitrogen and oxygen atoms in total. The van der Waals surface area contributed by atoms with Crippen molar-refractivity contribution < 1.29 is 9.53 Å². The van der Waals surface area contributed by atoms with E-state index in [1.54, 1.807) is 11.1 Å². The molecule has 1 atom stereocenters. The Morgan fingerprint density at radius 2 is 2.25 bits per heavy atom. The number of amides is 1. The van der Waals surface area contributed by atoms with Crippen molar-refractivity contribution in [2.45, 2.75) is 32.4 Å². The van der Waals surface area contributed by atoms with Crippen LogP contribution in [0.5, 0.6) is 0 Å². The first-order chi connectivity index (χ1) is 9.37. The minimum absolute atomic E-state index is 0.0270. The minimum Gasteiger partial charge on any atom is -0.444 e. The van der Waals surface area contributed by atoms with Gasteiger partial charge in [-0.3, -0.25) is 9.88 Å². The predicted molar refractivity (Wildman–Crippen MR) is 85.5 cm³/mol. The quantitative estimate of drug-likeness (QED) is 0.751. The van der Waals surface area contributed by atoms with Gasteiger partial charge in [0, 0.05) is 35.6 Å². The first-order valence-corrected chi connectivity index (χ1v) is 7.75. The molecule has 110 valence electrons. The van der Waals surface area contributed by atoms with E-state index in [4.69, 9.17) is 4.74 Å². The lowest BCUT2D eigenvalue weighted by atomic mass is 10.1. The number of hydrogen-bond donors (Lipinski definition) is 1. The summed E-state index contributed by atoms with van der Waals surface area (Å²) in [6.07, 6.45) is 3.36. The molecule has 2 heterocycles. The fraction of sp³-hybridized carbons (Fsp3) is 0.571. The molecule has 1 aromatic rings. The van der Waals surface area contributed by atoms with Gasteiger partial charge in [0.2, 0.25) is 0 Å². The SMILES string of the molecule is CC(C)(C)OC(=O)N1CCNCC1c1cncc(I)c1. The summed E-state index contributed by atoms with van der Waals surface area (Å²) in [7, 11) is 0. The normalized spacial score (nSPS) is 19.8. The molecular weight excluding hydrogens is 369 g/mol. The smallest absolute Gasteiger partial charge is 0.410 e. The van der Waals surface area contributed by atoms with Gasteiger partial charge in [-0.1, -0.05) is 0 Å². The van der Waals surface area contributed by atoms with Gasteiger partial charge in [-0.25, -0.2) is 4.79 Å². The minimum atomic E-state index is -0.476. The highest BCUT2D eigenvalue weighted by Gasteiger charge is 2.31. The largest absolute Gasteiger partial charge is 0.444 e. The molecule has 6 heteroatoms. The first kappa shape index (κ1) is 15.5. The van der Waals surface area contributed by atoms with Gasteiger partial charge in [-0.15, -0.1) is 0 Å². The average molecular weight is 389 g/mol. The highest BCUT2D eigenvalue weighted by molar-refractivity contribution is 14.1. The third-order valence-electron chi connectivity index (χ3n) is 2.98. The molecule has 20 heavy (non-hydrogen) atoms. The lowest BCUT2D eigenvalue weighted by Gasteiger charge is -2.37. The lowest BCUT2D eigenvalue weighted by Crippen LogP contribution is -2.50. The van der Waals surface area contributed by atoms with Crippen molar-refractivity contribution in [3.8, 4) is 0 Å². The second-order valence-electron chi connectivity index (χ2n) is 5.83. The summed E-state index contributed by atoms with van der Waals surface area (Å²) in [5.74, 6) is 0. The number of nitrogens with zero attached hydrogens (tertiary/aromatic N) is 2. The number of halogens is 1. The van der Waals surface area contributed by atoms with Crippen molar-refractivity contribution in [3.63, 3.8) is 0 Å². The Balaban J connectivity index is 2.19. The van der Waals surface area contributed by atoms with Crippen LogP contribution in [-0.4, -0.2) is 41.2 Å². The molecule has 1 unspecified atom stereocenters. The van der Waals surface area contributed by atoms with Crippen LogP contribution in [0.25, 0.3) is 0 Å². The van der Waals surface area contributed by atoms with Gasteiger partial charge < -0.3 is 10.1 Å². The van der Waals surface area contributed by atoms with Gasteiger partial charge in [-0.05, 0) is 55.0 Å². The van der Waals surface area contributed by atoms with Crippen molar-refractivity contribution >= 4 is 28.7 Å². The van der Waals surface area contributed by atoms with E-state index in [0.29, 0.717) is 6.54 Å². The molecule has 0 spiro atoms. The molecule has 0 aliphatic carbocycles. The van der Waals surface area contributed by atoms with Crippen LogP contribution in [0.4, 0.5) is 4.79 Å². The van der Waals surface area contributed by atoms with E-state index in [2.05, 4.69) is 39.0 Å². The molecule has 0 bridgehead atoms. The summed E-state index contributed by atoms with van der Waals surface area (Å²) < 4.78 is 6.56. The second-order valence-corrected chi connectivity index (χ2v) is 7.08. The molecular formula is C14H20IN3O2. The van der Waals surface area contributed by atoms with Gasteiger partial charge >= 0.3 is 6.09 Å². The Hall–Kier alpha value is -0.890.